The van der Waals surface area contributed by atoms with Crippen LogP contribution in [0.2, 0.25) is 0 Å². The van der Waals surface area contributed by atoms with Crippen molar-refractivity contribution in [3.63, 3.8) is 0 Å². The van der Waals surface area contributed by atoms with Crippen LogP contribution in [-0.2, 0) is 6.54 Å². The third kappa shape index (κ3) is 2.43. The SMILES string of the molecule is c1cc(Cn2ccnc2C2CCNCC2)ccn1. The quantitative estimate of drug-likeness (QED) is 0.892. The van der Waals surface area contributed by atoms with Gasteiger partial charge in [0.1, 0.15) is 5.82 Å². The lowest BCUT2D eigenvalue weighted by Crippen LogP contribution is -2.28. The molecule has 1 aliphatic rings. The normalized spacial score (nSPS) is 16.9. The molecule has 0 atom stereocenters. The van der Waals surface area contributed by atoms with Gasteiger partial charge < -0.3 is 9.88 Å². The minimum Gasteiger partial charge on any atom is -0.330 e. The standard InChI is InChI=1S/C14H18N4/c1-5-15-6-2-12(1)11-18-10-9-17-14(18)13-3-7-16-8-4-13/h1-2,5-6,9-10,13,16H,3-4,7-8,11H2. The van der Waals surface area contributed by atoms with Crippen LogP contribution in [0.3, 0.4) is 0 Å². The third-order valence-corrected chi connectivity index (χ3v) is 3.55. The molecule has 4 heteroatoms. The smallest absolute Gasteiger partial charge is 0.112 e. The van der Waals surface area contributed by atoms with E-state index in [9.17, 15) is 0 Å². The Morgan fingerprint density at radius 3 is 2.72 bits per heavy atom. The second kappa shape index (κ2) is 5.31. The van der Waals surface area contributed by atoms with Crippen molar-refractivity contribution in [1.29, 1.82) is 0 Å². The second-order valence-electron chi connectivity index (χ2n) is 4.79. The molecule has 1 aliphatic heterocycles. The molecule has 18 heavy (non-hydrogen) atoms. The Bertz CT molecular complexity index is 486. The molecule has 0 aliphatic carbocycles. The van der Waals surface area contributed by atoms with Gasteiger partial charge in [-0.3, -0.25) is 4.98 Å². The molecule has 0 unspecified atom stereocenters. The van der Waals surface area contributed by atoms with E-state index in [1.807, 2.05) is 18.6 Å². The molecule has 1 saturated heterocycles. The molecular weight excluding hydrogens is 224 g/mol. The largest absolute Gasteiger partial charge is 0.330 e. The topological polar surface area (TPSA) is 42.7 Å². The fourth-order valence-electron chi connectivity index (χ4n) is 2.58. The van der Waals surface area contributed by atoms with Gasteiger partial charge in [-0.15, -0.1) is 0 Å². The molecule has 2 aromatic rings. The van der Waals surface area contributed by atoms with Crippen molar-refractivity contribution in [2.75, 3.05) is 13.1 Å². The van der Waals surface area contributed by atoms with Crippen LogP contribution in [0.25, 0.3) is 0 Å². The molecule has 3 heterocycles. The summed E-state index contributed by atoms with van der Waals surface area (Å²) in [6, 6.07) is 4.12. The first-order valence-corrected chi connectivity index (χ1v) is 6.54. The second-order valence-corrected chi connectivity index (χ2v) is 4.79. The summed E-state index contributed by atoms with van der Waals surface area (Å²) in [5.41, 5.74) is 1.28. The van der Waals surface area contributed by atoms with E-state index in [2.05, 4.69) is 38.2 Å². The fraction of sp³-hybridized carbons (Fsp3) is 0.429. The maximum Gasteiger partial charge on any atom is 0.112 e. The number of rotatable bonds is 3. The number of aromatic nitrogens is 3. The van der Waals surface area contributed by atoms with Crippen molar-refractivity contribution in [3.05, 3.63) is 48.3 Å². The van der Waals surface area contributed by atoms with Gasteiger partial charge in [-0.25, -0.2) is 4.98 Å². The number of pyridine rings is 1. The van der Waals surface area contributed by atoms with Crippen molar-refractivity contribution in [1.82, 2.24) is 19.9 Å². The minimum atomic E-state index is 0.600. The highest BCUT2D eigenvalue weighted by Gasteiger charge is 2.19. The van der Waals surface area contributed by atoms with Crippen molar-refractivity contribution >= 4 is 0 Å². The molecule has 3 rings (SSSR count). The highest BCUT2D eigenvalue weighted by Crippen LogP contribution is 2.24. The molecule has 0 bridgehead atoms. The van der Waals surface area contributed by atoms with Gasteiger partial charge in [-0.05, 0) is 43.6 Å². The summed E-state index contributed by atoms with van der Waals surface area (Å²) in [6.45, 7) is 3.10. The number of piperidine rings is 1. The molecule has 0 spiro atoms. The van der Waals surface area contributed by atoms with E-state index in [4.69, 9.17) is 0 Å². The van der Waals surface area contributed by atoms with Crippen LogP contribution in [0.1, 0.15) is 30.1 Å². The van der Waals surface area contributed by atoms with Crippen molar-refractivity contribution < 1.29 is 0 Å². The van der Waals surface area contributed by atoms with Gasteiger partial charge in [0.25, 0.3) is 0 Å². The molecule has 0 radical (unpaired) electrons. The van der Waals surface area contributed by atoms with Crippen LogP contribution in [0.5, 0.6) is 0 Å². The molecule has 2 aromatic heterocycles. The first-order chi connectivity index (χ1) is 8.93. The van der Waals surface area contributed by atoms with Gasteiger partial charge in [-0.2, -0.15) is 0 Å². The Labute approximate surface area is 107 Å². The van der Waals surface area contributed by atoms with Crippen LogP contribution in [0.15, 0.2) is 36.9 Å². The van der Waals surface area contributed by atoms with Crippen molar-refractivity contribution in [3.8, 4) is 0 Å². The molecule has 94 valence electrons. The number of nitrogens with one attached hydrogen (secondary N) is 1. The zero-order chi connectivity index (χ0) is 12.2. The number of hydrogen-bond donors (Lipinski definition) is 1. The first-order valence-electron chi connectivity index (χ1n) is 6.54. The maximum atomic E-state index is 4.56. The Kier molecular flexibility index (Phi) is 3.37. The van der Waals surface area contributed by atoms with Crippen LogP contribution in [0.4, 0.5) is 0 Å². The molecule has 4 nitrogen and oxygen atoms in total. The predicted molar refractivity (Wildman–Crippen MR) is 70.4 cm³/mol. The summed E-state index contributed by atoms with van der Waals surface area (Å²) in [5, 5.41) is 3.40. The summed E-state index contributed by atoms with van der Waals surface area (Å²) >= 11 is 0. The lowest BCUT2D eigenvalue weighted by atomic mass is 9.97. The Morgan fingerprint density at radius 1 is 1.17 bits per heavy atom. The van der Waals surface area contributed by atoms with E-state index in [1.54, 1.807) is 0 Å². The first kappa shape index (κ1) is 11.4. The van der Waals surface area contributed by atoms with Crippen LogP contribution < -0.4 is 5.32 Å². The fourth-order valence-corrected chi connectivity index (χ4v) is 2.58. The highest BCUT2D eigenvalue weighted by molar-refractivity contribution is 5.13. The zero-order valence-corrected chi connectivity index (χ0v) is 10.4. The molecule has 0 aromatic carbocycles. The average molecular weight is 242 g/mol. The van der Waals surface area contributed by atoms with Crippen LogP contribution in [-0.4, -0.2) is 27.6 Å². The van der Waals surface area contributed by atoms with Crippen molar-refractivity contribution in [2.45, 2.75) is 25.3 Å². The van der Waals surface area contributed by atoms with E-state index >= 15 is 0 Å². The van der Waals surface area contributed by atoms with Crippen LogP contribution in [0, 0.1) is 0 Å². The summed E-state index contributed by atoms with van der Waals surface area (Å²) < 4.78 is 2.27. The zero-order valence-electron chi connectivity index (χ0n) is 10.4. The Morgan fingerprint density at radius 2 is 1.94 bits per heavy atom. The van der Waals surface area contributed by atoms with Gasteiger partial charge >= 0.3 is 0 Å². The number of hydrogen-bond acceptors (Lipinski definition) is 3. The Balaban J connectivity index is 1.78. The predicted octanol–water partition coefficient (Wildman–Crippen LogP) is 1.79. The molecular formula is C14H18N4. The molecule has 0 saturated carbocycles. The van der Waals surface area contributed by atoms with E-state index in [0.717, 1.165) is 19.6 Å². The van der Waals surface area contributed by atoms with Gasteiger partial charge in [0.2, 0.25) is 0 Å². The summed E-state index contributed by atoms with van der Waals surface area (Å²) in [4.78, 5) is 8.61. The Hall–Kier alpha value is -1.68. The highest BCUT2D eigenvalue weighted by atomic mass is 15.1. The summed E-state index contributed by atoms with van der Waals surface area (Å²) in [7, 11) is 0. The van der Waals surface area contributed by atoms with E-state index < -0.39 is 0 Å². The third-order valence-electron chi connectivity index (χ3n) is 3.55. The molecule has 1 N–H and O–H groups in total. The summed E-state index contributed by atoms with van der Waals surface area (Å²) in [6.07, 6.45) is 10.1. The van der Waals surface area contributed by atoms with E-state index in [0.29, 0.717) is 5.92 Å². The van der Waals surface area contributed by atoms with Gasteiger partial charge in [0, 0.05) is 37.3 Å². The minimum absolute atomic E-state index is 0.600. The number of nitrogens with zero attached hydrogens (tertiary/aromatic N) is 3. The van der Waals surface area contributed by atoms with Gasteiger partial charge in [0.15, 0.2) is 0 Å². The average Bonchev–Trinajstić information content (AvgIpc) is 2.89. The van der Waals surface area contributed by atoms with E-state index in [1.165, 1.54) is 24.2 Å². The lowest BCUT2D eigenvalue weighted by Gasteiger charge is -2.23. The van der Waals surface area contributed by atoms with Gasteiger partial charge in [-0.1, -0.05) is 0 Å². The summed E-state index contributed by atoms with van der Waals surface area (Å²) in [5.74, 6) is 1.83. The van der Waals surface area contributed by atoms with Crippen LogP contribution >= 0.6 is 0 Å². The van der Waals surface area contributed by atoms with E-state index in [-0.39, 0.29) is 0 Å². The lowest BCUT2D eigenvalue weighted by molar-refractivity contribution is 0.434. The molecule has 0 amide bonds. The monoisotopic (exact) mass is 242 g/mol. The maximum absolute atomic E-state index is 4.56. The number of imidazole rings is 1. The molecule has 1 fully saturated rings. The van der Waals surface area contributed by atoms with Gasteiger partial charge in [0.05, 0.1) is 0 Å². The van der Waals surface area contributed by atoms with Crippen molar-refractivity contribution in [2.24, 2.45) is 0 Å².